The summed E-state index contributed by atoms with van der Waals surface area (Å²) in [6.45, 7) is 8.29. The number of nitrogens with one attached hydrogen (secondary N) is 1. The number of halogens is 2. The first-order chi connectivity index (χ1) is 15.6. The number of benzene rings is 1. The maximum atomic E-state index is 13.9. The van der Waals surface area contributed by atoms with Crippen LogP contribution in [0.15, 0.2) is 41.3 Å². The van der Waals surface area contributed by atoms with E-state index in [4.69, 9.17) is 0 Å². The molecule has 33 heavy (non-hydrogen) atoms. The molecule has 0 spiro atoms. The maximum Gasteiger partial charge on any atom is 0.278 e. The number of hydrogen-bond acceptors (Lipinski definition) is 5. The molecule has 1 fully saturated rings. The van der Waals surface area contributed by atoms with Gasteiger partial charge in [0.25, 0.3) is 11.8 Å². The largest absolute Gasteiger partial charge is 0.502 e. The molecule has 2 aliphatic rings. The summed E-state index contributed by atoms with van der Waals surface area (Å²) in [6, 6.07) is 2.93. The number of aromatic nitrogens is 1. The summed E-state index contributed by atoms with van der Waals surface area (Å²) in [5.74, 6) is -3.84. The molecule has 8 nitrogen and oxygen atoms in total. The maximum absolute atomic E-state index is 13.9. The Balaban J connectivity index is 1.75. The Hall–Kier alpha value is -3.69. The molecule has 0 bridgehead atoms. The van der Waals surface area contributed by atoms with Crippen molar-refractivity contribution in [3.63, 3.8) is 0 Å². The molecule has 0 aliphatic carbocycles. The number of piperidine rings is 1. The van der Waals surface area contributed by atoms with E-state index in [0.29, 0.717) is 25.6 Å². The number of pyridine rings is 1. The number of fused-ring (bicyclic) bond motifs is 3. The van der Waals surface area contributed by atoms with Crippen LogP contribution >= 0.6 is 0 Å². The second-order valence-electron chi connectivity index (χ2n) is 8.23. The molecule has 10 heteroatoms. The van der Waals surface area contributed by atoms with Crippen molar-refractivity contribution >= 4 is 11.8 Å². The van der Waals surface area contributed by atoms with Crippen LogP contribution in [0.3, 0.4) is 0 Å². The van der Waals surface area contributed by atoms with Gasteiger partial charge in [-0.3, -0.25) is 24.1 Å². The van der Waals surface area contributed by atoms with Crippen molar-refractivity contribution in [2.75, 3.05) is 18.1 Å². The van der Waals surface area contributed by atoms with Gasteiger partial charge in [0.1, 0.15) is 22.9 Å². The molecular formula is C23H24F2N4O4. The van der Waals surface area contributed by atoms with E-state index in [2.05, 4.69) is 11.9 Å². The van der Waals surface area contributed by atoms with Gasteiger partial charge >= 0.3 is 0 Å². The van der Waals surface area contributed by atoms with Crippen LogP contribution in [0.1, 0.15) is 53.1 Å². The van der Waals surface area contributed by atoms with Crippen LogP contribution in [0.4, 0.5) is 8.78 Å². The van der Waals surface area contributed by atoms with Gasteiger partial charge < -0.3 is 15.3 Å². The van der Waals surface area contributed by atoms with Crippen LogP contribution < -0.4 is 15.8 Å². The summed E-state index contributed by atoms with van der Waals surface area (Å²) in [5, 5.41) is 14.9. The highest BCUT2D eigenvalue weighted by molar-refractivity contribution is 6.00. The van der Waals surface area contributed by atoms with E-state index in [1.54, 1.807) is 16.8 Å². The quantitative estimate of drug-likeness (QED) is 0.686. The molecule has 2 amide bonds. The molecule has 0 radical (unpaired) electrons. The number of hydrogen-bond donors (Lipinski definition) is 2. The zero-order valence-corrected chi connectivity index (χ0v) is 18.3. The summed E-state index contributed by atoms with van der Waals surface area (Å²) < 4.78 is 28.4. The lowest BCUT2D eigenvalue weighted by molar-refractivity contribution is 0.0398. The fourth-order valence-electron chi connectivity index (χ4n) is 4.58. The molecule has 0 saturated carbocycles. The Kier molecular flexibility index (Phi) is 5.47. The van der Waals surface area contributed by atoms with Crippen molar-refractivity contribution < 1.29 is 23.5 Å². The third-order valence-electron chi connectivity index (χ3n) is 6.43. The van der Waals surface area contributed by atoms with E-state index in [1.165, 1.54) is 16.9 Å². The number of rotatable bonds is 4. The molecule has 1 aromatic heterocycles. The van der Waals surface area contributed by atoms with Gasteiger partial charge in [0.05, 0.1) is 0 Å². The Morgan fingerprint density at radius 1 is 1.30 bits per heavy atom. The minimum Gasteiger partial charge on any atom is -0.502 e. The first kappa shape index (κ1) is 22.5. The molecule has 0 unspecified atom stereocenters. The molecular weight excluding hydrogens is 434 g/mol. The molecule has 4 rings (SSSR count). The number of likely N-dealkylation sites (N-methyl/N-ethyl adjacent to an activating group) is 1. The Morgan fingerprint density at radius 3 is 2.70 bits per heavy atom. The minimum atomic E-state index is -1.01. The van der Waals surface area contributed by atoms with E-state index in [1.807, 2.05) is 6.92 Å². The van der Waals surface area contributed by atoms with E-state index in [0.717, 1.165) is 18.1 Å². The summed E-state index contributed by atoms with van der Waals surface area (Å²) in [7, 11) is 0. The Labute approximate surface area is 188 Å². The number of amides is 2. The lowest BCUT2D eigenvalue weighted by atomic mass is 9.89. The average molecular weight is 458 g/mol. The van der Waals surface area contributed by atoms with Gasteiger partial charge in [-0.1, -0.05) is 12.6 Å². The molecule has 3 heterocycles. The molecule has 174 valence electrons. The predicted octanol–water partition coefficient (Wildman–Crippen LogP) is 2.24. The van der Waals surface area contributed by atoms with Crippen molar-refractivity contribution in [3.8, 4) is 5.75 Å². The first-order valence-corrected chi connectivity index (χ1v) is 10.6. The zero-order valence-electron chi connectivity index (χ0n) is 18.3. The molecule has 2 aliphatic heterocycles. The van der Waals surface area contributed by atoms with Crippen molar-refractivity contribution in [1.82, 2.24) is 14.9 Å². The first-order valence-electron chi connectivity index (χ1n) is 10.6. The summed E-state index contributed by atoms with van der Waals surface area (Å²) >= 11 is 0. The highest BCUT2D eigenvalue weighted by Crippen LogP contribution is 2.39. The second kappa shape index (κ2) is 8.02. The molecule has 1 aromatic carbocycles. The van der Waals surface area contributed by atoms with Crippen molar-refractivity contribution in [3.05, 3.63) is 75.2 Å². The monoisotopic (exact) mass is 458 g/mol. The standard InChI is InChI=1S/C23H24F2N4O4/c1-4-27-22(33)18-20(31)19(30)16(12-28(18)29-9-5-6-13(2)23(27,29)3)21(32)26-11-14-7-8-15(24)10-17(14)25/h7-8,10,12,31H,2,4-6,9,11H2,1,3H3,(H,26,32)/t23-/m0/s1. The number of nitrogens with zero attached hydrogens (tertiary/aromatic N) is 3. The van der Waals surface area contributed by atoms with Gasteiger partial charge in [-0.15, -0.1) is 0 Å². The van der Waals surface area contributed by atoms with Crippen molar-refractivity contribution in [2.24, 2.45) is 0 Å². The van der Waals surface area contributed by atoms with E-state index in [-0.39, 0.29) is 17.8 Å². The molecule has 1 saturated heterocycles. The highest BCUT2D eigenvalue weighted by atomic mass is 19.1. The lowest BCUT2D eigenvalue weighted by Gasteiger charge is -2.56. The van der Waals surface area contributed by atoms with Crippen molar-refractivity contribution in [2.45, 2.75) is 38.9 Å². The van der Waals surface area contributed by atoms with Gasteiger partial charge in [-0.2, -0.15) is 0 Å². The topological polar surface area (TPSA) is 94.9 Å². The fourth-order valence-corrected chi connectivity index (χ4v) is 4.58. The van der Waals surface area contributed by atoms with E-state index < -0.39 is 45.9 Å². The normalized spacial score (nSPS) is 19.9. The van der Waals surface area contributed by atoms with Crippen LogP contribution in [0, 0.1) is 11.6 Å². The highest BCUT2D eigenvalue weighted by Gasteiger charge is 2.50. The SMILES string of the molecule is C=C1CCCN2n3cc(C(=O)NCc4ccc(F)cc4F)c(=O)c(O)c3C(=O)N(CC)[C@]12C. The van der Waals surface area contributed by atoms with E-state index >= 15 is 0 Å². The summed E-state index contributed by atoms with van der Waals surface area (Å²) in [4.78, 5) is 40.4. The third-order valence-corrected chi connectivity index (χ3v) is 6.43. The summed E-state index contributed by atoms with van der Waals surface area (Å²) in [6.07, 6.45) is 2.65. The van der Waals surface area contributed by atoms with Crippen LogP contribution in [0.5, 0.6) is 5.75 Å². The zero-order chi connectivity index (χ0) is 24.1. The molecule has 2 N–H and O–H groups in total. The van der Waals surface area contributed by atoms with Gasteiger partial charge in [0, 0.05) is 37.5 Å². The predicted molar refractivity (Wildman–Crippen MR) is 116 cm³/mol. The van der Waals surface area contributed by atoms with Gasteiger partial charge in [-0.25, -0.2) is 8.78 Å². The number of aromatic hydroxyl groups is 1. The van der Waals surface area contributed by atoms with Gasteiger partial charge in [-0.05, 0) is 38.3 Å². The third kappa shape index (κ3) is 3.37. The molecule has 1 atom stereocenters. The van der Waals surface area contributed by atoms with Gasteiger partial charge in [0.15, 0.2) is 11.4 Å². The van der Waals surface area contributed by atoms with Gasteiger partial charge in [0.2, 0.25) is 5.43 Å². The fraction of sp³-hybridized carbons (Fsp3) is 0.348. The molecule has 2 aromatic rings. The van der Waals surface area contributed by atoms with Crippen LogP contribution in [0.25, 0.3) is 0 Å². The second-order valence-corrected chi connectivity index (χ2v) is 8.23. The Bertz CT molecular complexity index is 1240. The van der Waals surface area contributed by atoms with Crippen LogP contribution in [0.2, 0.25) is 0 Å². The average Bonchev–Trinajstić information content (AvgIpc) is 2.76. The number of carbonyl (C=O) groups is 2. The lowest BCUT2D eigenvalue weighted by Crippen LogP contribution is -2.71. The van der Waals surface area contributed by atoms with E-state index in [9.17, 15) is 28.3 Å². The van der Waals surface area contributed by atoms with Crippen LogP contribution in [-0.2, 0) is 6.54 Å². The van der Waals surface area contributed by atoms with Crippen molar-refractivity contribution in [1.29, 1.82) is 0 Å². The number of carbonyl (C=O) groups excluding carboxylic acids is 2. The summed E-state index contributed by atoms with van der Waals surface area (Å²) in [5.41, 5.74) is -1.72. The Morgan fingerprint density at radius 2 is 2.03 bits per heavy atom. The minimum absolute atomic E-state index is 0.0284. The van der Waals surface area contributed by atoms with Crippen LogP contribution in [-0.4, -0.2) is 45.2 Å². The smallest absolute Gasteiger partial charge is 0.278 e.